The number of piperidine rings is 1. The van der Waals surface area contributed by atoms with Crippen LogP contribution < -0.4 is 10.6 Å². The third-order valence-corrected chi connectivity index (χ3v) is 9.85. The predicted molar refractivity (Wildman–Crippen MR) is 154 cm³/mol. The van der Waals surface area contributed by atoms with E-state index in [2.05, 4.69) is 54.7 Å². The van der Waals surface area contributed by atoms with Gasteiger partial charge in [-0.3, -0.25) is 9.59 Å². The maximum absolute atomic E-state index is 13.1. The highest BCUT2D eigenvalue weighted by molar-refractivity contribution is 5.93. The first-order chi connectivity index (χ1) is 18.6. The van der Waals surface area contributed by atoms with Crippen LogP contribution in [-0.2, 0) is 14.3 Å². The fourth-order valence-electron chi connectivity index (χ4n) is 7.26. The van der Waals surface area contributed by atoms with Crippen molar-refractivity contribution in [1.82, 2.24) is 15.5 Å². The fraction of sp³-hybridized carbons (Fsp3) is 0.625. The smallest absolute Gasteiger partial charge is 0.246 e. The summed E-state index contributed by atoms with van der Waals surface area (Å²) in [7, 11) is 3.74. The highest BCUT2D eigenvalue weighted by atomic mass is 16.5. The molecular formula is C32H47N3O4. The maximum Gasteiger partial charge on any atom is 0.246 e. The lowest BCUT2D eigenvalue weighted by Crippen LogP contribution is -2.67. The van der Waals surface area contributed by atoms with E-state index in [1.165, 1.54) is 32.1 Å². The lowest BCUT2D eigenvalue weighted by Gasteiger charge is -2.60. The first-order valence-corrected chi connectivity index (χ1v) is 14.6. The molecule has 3 aliphatic carbocycles. The number of nitrogens with zero attached hydrogens (tertiary/aromatic N) is 1. The van der Waals surface area contributed by atoms with Crippen LogP contribution in [0.25, 0.3) is 0 Å². The molecule has 0 spiro atoms. The second-order valence-corrected chi connectivity index (χ2v) is 12.1. The molecule has 3 N–H and O–H groups in total. The molecule has 4 rings (SSSR count). The molecule has 39 heavy (non-hydrogen) atoms. The number of methoxy groups -OCH3 is 1. The molecule has 0 aromatic heterocycles. The van der Waals surface area contributed by atoms with Gasteiger partial charge in [-0.2, -0.15) is 0 Å². The molecule has 7 nitrogen and oxygen atoms in total. The van der Waals surface area contributed by atoms with E-state index < -0.39 is 11.0 Å². The zero-order valence-corrected chi connectivity index (χ0v) is 24.4. The SMILES string of the molecule is COC1=CC(C23CCN(C)C(C)C2(O)CC(/C=C(\C)C(=O)NCC2CCCCC2)=C(NC=O)C3)=C(C)C=CC1. The van der Waals surface area contributed by atoms with Crippen molar-refractivity contribution >= 4 is 12.3 Å². The van der Waals surface area contributed by atoms with Gasteiger partial charge in [0.1, 0.15) is 0 Å². The normalized spacial score (nSPS) is 30.9. The van der Waals surface area contributed by atoms with E-state index in [4.69, 9.17) is 4.74 Å². The number of nitrogens with one attached hydrogen (secondary N) is 2. The van der Waals surface area contributed by atoms with Gasteiger partial charge >= 0.3 is 0 Å². The second-order valence-electron chi connectivity index (χ2n) is 12.1. The number of likely N-dealkylation sites (N-methyl/N-ethyl adjacent to an activating group) is 1. The van der Waals surface area contributed by atoms with Crippen LogP contribution in [0, 0.1) is 11.3 Å². The van der Waals surface area contributed by atoms with Gasteiger partial charge < -0.3 is 25.4 Å². The summed E-state index contributed by atoms with van der Waals surface area (Å²) in [5, 5.41) is 18.8. The van der Waals surface area contributed by atoms with E-state index in [1.807, 2.05) is 13.0 Å². The standard InChI is InChI=1S/C32H47N3O4/c1-22-10-9-13-27(39-5)17-28(22)31-14-15-35(4)24(3)32(31,38)18-26(29(19-31)34-21-36)16-23(2)30(37)33-20-25-11-7-6-8-12-25/h9-10,16-17,21,24-25,38H,6-8,11-15,18-20H2,1-5H3,(H,33,37)(H,34,36)/b23-16+. The predicted octanol–water partition coefficient (Wildman–Crippen LogP) is 4.67. The van der Waals surface area contributed by atoms with Crippen molar-refractivity contribution in [3.63, 3.8) is 0 Å². The van der Waals surface area contributed by atoms with Crippen LogP contribution in [0.4, 0.5) is 0 Å². The number of fused-ring (bicyclic) bond motifs is 1. The molecule has 2 amide bonds. The minimum absolute atomic E-state index is 0.0868. The Morgan fingerprint density at radius 2 is 2.00 bits per heavy atom. The Balaban J connectivity index is 1.73. The molecule has 4 aliphatic rings. The number of ether oxygens (including phenoxy) is 1. The lowest BCUT2D eigenvalue weighted by molar-refractivity contribution is -0.151. The molecule has 3 unspecified atom stereocenters. The Bertz CT molecular complexity index is 1110. The van der Waals surface area contributed by atoms with Crippen molar-refractivity contribution in [2.75, 3.05) is 27.2 Å². The number of hydrogen-bond acceptors (Lipinski definition) is 5. The Morgan fingerprint density at radius 3 is 2.69 bits per heavy atom. The van der Waals surface area contributed by atoms with Crippen LogP contribution >= 0.6 is 0 Å². The average Bonchev–Trinajstić information content (AvgIpc) is 3.13. The van der Waals surface area contributed by atoms with Gasteiger partial charge in [-0.05, 0) is 88.4 Å². The van der Waals surface area contributed by atoms with Gasteiger partial charge in [-0.25, -0.2) is 0 Å². The fourth-order valence-corrected chi connectivity index (χ4v) is 7.26. The van der Waals surface area contributed by atoms with Crippen LogP contribution in [0.5, 0.6) is 0 Å². The minimum Gasteiger partial charge on any atom is -0.501 e. The van der Waals surface area contributed by atoms with Gasteiger partial charge in [0.05, 0.1) is 18.5 Å². The molecular weight excluding hydrogens is 490 g/mol. The van der Waals surface area contributed by atoms with Gasteiger partial charge in [0.15, 0.2) is 0 Å². The third kappa shape index (κ3) is 5.80. The van der Waals surface area contributed by atoms with Gasteiger partial charge in [-0.1, -0.05) is 31.4 Å². The van der Waals surface area contributed by atoms with Crippen molar-refractivity contribution in [2.24, 2.45) is 11.3 Å². The van der Waals surface area contributed by atoms with Crippen molar-refractivity contribution in [1.29, 1.82) is 0 Å². The number of amides is 2. The van der Waals surface area contributed by atoms with E-state index in [1.54, 1.807) is 7.11 Å². The van der Waals surface area contributed by atoms with Crippen LogP contribution in [0.3, 0.4) is 0 Å². The first kappa shape index (κ1) is 29.3. The van der Waals surface area contributed by atoms with E-state index in [9.17, 15) is 14.7 Å². The van der Waals surface area contributed by atoms with Gasteiger partial charge in [0.2, 0.25) is 12.3 Å². The van der Waals surface area contributed by atoms with Crippen molar-refractivity contribution in [3.05, 3.63) is 58.1 Å². The molecule has 3 atom stereocenters. The summed E-state index contributed by atoms with van der Waals surface area (Å²) in [5.41, 5.74) is 2.58. The molecule has 0 aromatic carbocycles. The second kappa shape index (κ2) is 12.3. The van der Waals surface area contributed by atoms with Crippen LogP contribution in [0.15, 0.2) is 58.1 Å². The topological polar surface area (TPSA) is 90.9 Å². The van der Waals surface area contributed by atoms with E-state index in [0.29, 0.717) is 43.7 Å². The van der Waals surface area contributed by atoms with Gasteiger partial charge in [-0.15, -0.1) is 0 Å². The molecule has 1 saturated heterocycles. The summed E-state index contributed by atoms with van der Waals surface area (Å²) in [6.45, 7) is 7.52. The quantitative estimate of drug-likeness (QED) is 0.309. The highest BCUT2D eigenvalue weighted by Gasteiger charge is 2.61. The van der Waals surface area contributed by atoms with Crippen LogP contribution in [0.1, 0.15) is 78.6 Å². The number of carbonyl (C=O) groups is 2. The zero-order chi connectivity index (χ0) is 28.2. The summed E-state index contributed by atoms with van der Waals surface area (Å²) < 4.78 is 5.68. The van der Waals surface area contributed by atoms with Crippen molar-refractivity contribution in [3.8, 4) is 0 Å². The summed E-state index contributed by atoms with van der Waals surface area (Å²) >= 11 is 0. The Hall–Kier alpha value is -2.64. The molecule has 1 heterocycles. The average molecular weight is 538 g/mol. The molecule has 0 bridgehead atoms. The van der Waals surface area contributed by atoms with Crippen LogP contribution in [0.2, 0.25) is 0 Å². The van der Waals surface area contributed by atoms with Crippen LogP contribution in [-0.4, -0.2) is 61.2 Å². The Labute approximate surface area is 234 Å². The summed E-state index contributed by atoms with van der Waals surface area (Å²) in [6.07, 6.45) is 17.2. The summed E-state index contributed by atoms with van der Waals surface area (Å²) in [5.74, 6) is 1.31. The molecule has 0 radical (unpaired) electrons. The highest BCUT2D eigenvalue weighted by Crippen LogP contribution is 2.59. The summed E-state index contributed by atoms with van der Waals surface area (Å²) in [6, 6.07) is -0.139. The van der Waals surface area contributed by atoms with E-state index in [0.717, 1.165) is 41.1 Å². The number of carbonyl (C=O) groups excluding carboxylic acids is 2. The number of rotatable bonds is 8. The molecule has 214 valence electrons. The van der Waals surface area contributed by atoms with E-state index in [-0.39, 0.29) is 11.9 Å². The Kier molecular flexibility index (Phi) is 9.22. The molecule has 0 aromatic rings. The first-order valence-electron chi connectivity index (χ1n) is 14.6. The maximum atomic E-state index is 13.1. The number of likely N-dealkylation sites (tertiary alicyclic amines) is 1. The molecule has 2 fully saturated rings. The number of hydrogen-bond donors (Lipinski definition) is 3. The number of allylic oxidation sites excluding steroid dienone is 6. The van der Waals surface area contributed by atoms with Crippen molar-refractivity contribution in [2.45, 2.75) is 90.2 Å². The Morgan fingerprint density at radius 1 is 1.26 bits per heavy atom. The molecule has 7 heteroatoms. The van der Waals surface area contributed by atoms with E-state index >= 15 is 0 Å². The minimum atomic E-state index is -1.12. The largest absolute Gasteiger partial charge is 0.501 e. The zero-order valence-electron chi connectivity index (χ0n) is 24.4. The monoisotopic (exact) mass is 537 g/mol. The third-order valence-electron chi connectivity index (χ3n) is 9.85. The lowest BCUT2D eigenvalue weighted by atomic mass is 9.52. The molecule has 1 saturated carbocycles. The summed E-state index contributed by atoms with van der Waals surface area (Å²) in [4.78, 5) is 27.1. The van der Waals surface area contributed by atoms with Crippen molar-refractivity contribution < 1.29 is 19.4 Å². The molecule has 1 aliphatic heterocycles. The van der Waals surface area contributed by atoms with Gasteiger partial charge in [0, 0.05) is 48.5 Å². The number of aliphatic hydroxyl groups is 1. The van der Waals surface area contributed by atoms with Gasteiger partial charge in [0.25, 0.3) is 0 Å².